The van der Waals surface area contributed by atoms with Crippen LogP contribution < -0.4 is 5.32 Å². The maximum atomic E-state index is 12.6. The molecule has 1 aliphatic heterocycles. The molecule has 0 saturated carbocycles. The Balaban J connectivity index is 1.45. The molecule has 1 aromatic heterocycles. The number of hydrogen-bond acceptors (Lipinski definition) is 5. The number of piperazine rings is 1. The van der Waals surface area contributed by atoms with Crippen LogP contribution in [0, 0.1) is 0 Å². The van der Waals surface area contributed by atoms with Crippen molar-refractivity contribution in [2.75, 3.05) is 38.5 Å². The van der Waals surface area contributed by atoms with E-state index >= 15 is 0 Å². The Morgan fingerprint density at radius 2 is 1.85 bits per heavy atom. The third kappa shape index (κ3) is 3.96. The molecule has 0 bridgehead atoms. The van der Waals surface area contributed by atoms with Crippen molar-refractivity contribution in [1.82, 2.24) is 14.8 Å². The van der Waals surface area contributed by atoms with E-state index in [9.17, 15) is 4.79 Å². The maximum absolute atomic E-state index is 12.6. The Morgan fingerprint density at radius 3 is 2.56 bits per heavy atom. The van der Waals surface area contributed by atoms with Gasteiger partial charge in [0, 0.05) is 37.4 Å². The highest BCUT2D eigenvalue weighted by Crippen LogP contribution is 2.29. The monoisotopic (exact) mass is 380 g/mol. The number of aryl methyl sites for hydroxylation is 1. The molecule has 6 heteroatoms. The molecule has 0 radical (unpaired) electrons. The second-order valence-corrected chi connectivity index (χ2v) is 8.00. The van der Waals surface area contributed by atoms with Crippen LogP contribution in [-0.4, -0.2) is 53.9 Å². The number of likely N-dealkylation sites (N-methyl/N-ethyl adjacent to an activating group) is 1. The van der Waals surface area contributed by atoms with Gasteiger partial charge in [-0.25, -0.2) is 4.98 Å². The Morgan fingerprint density at radius 1 is 1.11 bits per heavy atom. The molecule has 140 valence electrons. The molecule has 5 nitrogen and oxygen atoms in total. The first kappa shape index (κ1) is 17.9. The van der Waals surface area contributed by atoms with Crippen LogP contribution in [-0.2, 0) is 6.42 Å². The van der Waals surface area contributed by atoms with Gasteiger partial charge in [-0.2, -0.15) is 0 Å². The molecule has 2 heterocycles. The molecule has 1 fully saturated rings. The Labute approximate surface area is 163 Å². The lowest BCUT2D eigenvalue weighted by molar-refractivity contribution is 0.0664. The van der Waals surface area contributed by atoms with Crippen molar-refractivity contribution in [2.24, 2.45) is 0 Å². The summed E-state index contributed by atoms with van der Waals surface area (Å²) < 4.78 is 1.19. The van der Waals surface area contributed by atoms with Crippen LogP contribution in [0.3, 0.4) is 0 Å². The third-order valence-corrected chi connectivity index (χ3v) is 5.97. The van der Waals surface area contributed by atoms with E-state index in [1.54, 1.807) is 11.3 Å². The first-order valence-corrected chi connectivity index (χ1v) is 10.2. The summed E-state index contributed by atoms with van der Waals surface area (Å²) in [7, 11) is 2.09. The van der Waals surface area contributed by atoms with Crippen molar-refractivity contribution < 1.29 is 4.79 Å². The highest BCUT2D eigenvalue weighted by molar-refractivity contribution is 7.22. The average Bonchev–Trinajstić information content (AvgIpc) is 3.10. The number of amides is 1. The summed E-state index contributed by atoms with van der Waals surface area (Å²) in [5, 5.41) is 4.23. The summed E-state index contributed by atoms with van der Waals surface area (Å²) in [4.78, 5) is 21.5. The number of nitrogens with zero attached hydrogens (tertiary/aromatic N) is 3. The smallest absolute Gasteiger partial charge is 0.253 e. The molecule has 0 atom stereocenters. The van der Waals surface area contributed by atoms with Gasteiger partial charge in [-0.15, -0.1) is 0 Å². The van der Waals surface area contributed by atoms with Gasteiger partial charge in [0.15, 0.2) is 5.13 Å². The minimum Gasteiger partial charge on any atom is -0.336 e. The quantitative estimate of drug-likeness (QED) is 0.743. The summed E-state index contributed by atoms with van der Waals surface area (Å²) in [5.74, 6) is 0.113. The lowest BCUT2D eigenvalue weighted by Gasteiger charge is -2.32. The minimum absolute atomic E-state index is 0.113. The number of aromatic nitrogens is 1. The van der Waals surface area contributed by atoms with E-state index in [2.05, 4.69) is 47.4 Å². The van der Waals surface area contributed by atoms with E-state index < -0.39 is 0 Å². The SMILES string of the molecule is CCc1ccc2nc(Nc3ccc(C(=O)N4CCN(C)CC4)cc3)sc2c1. The molecule has 1 saturated heterocycles. The van der Waals surface area contributed by atoms with Gasteiger partial charge in [-0.1, -0.05) is 24.3 Å². The van der Waals surface area contributed by atoms with Gasteiger partial charge in [0.2, 0.25) is 0 Å². The van der Waals surface area contributed by atoms with Gasteiger partial charge >= 0.3 is 0 Å². The van der Waals surface area contributed by atoms with Crippen molar-refractivity contribution in [1.29, 1.82) is 0 Å². The second kappa shape index (κ2) is 7.66. The van der Waals surface area contributed by atoms with E-state index in [1.165, 1.54) is 10.3 Å². The fraction of sp³-hybridized carbons (Fsp3) is 0.333. The van der Waals surface area contributed by atoms with Crippen LogP contribution in [0.15, 0.2) is 42.5 Å². The summed E-state index contributed by atoms with van der Waals surface area (Å²) in [6, 6.07) is 14.1. The van der Waals surface area contributed by atoms with E-state index in [-0.39, 0.29) is 5.91 Å². The first-order chi connectivity index (χ1) is 13.1. The van der Waals surface area contributed by atoms with Crippen molar-refractivity contribution in [3.05, 3.63) is 53.6 Å². The van der Waals surface area contributed by atoms with Gasteiger partial charge in [0.05, 0.1) is 10.2 Å². The number of hydrogen-bond donors (Lipinski definition) is 1. The number of benzene rings is 2. The molecule has 1 amide bonds. The van der Waals surface area contributed by atoms with Gasteiger partial charge in [0.25, 0.3) is 5.91 Å². The summed E-state index contributed by atoms with van der Waals surface area (Å²) in [6.07, 6.45) is 1.03. The number of fused-ring (bicyclic) bond motifs is 1. The number of rotatable bonds is 4. The van der Waals surface area contributed by atoms with Gasteiger partial charge in [-0.3, -0.25) is 4.79 Å². The van der Waals surface area contributed by atoms with Crippen LogP contribution in [0.5, 0.6) is 0 Å². The van der Waals surface area contributed by atoms with Crippen LogP contribution in [0.1, 0.15) is 22.8 Å². The molecular weight excluding hydrogens is 356 g/mol. The zero-order valence-electron chi connectivity index (χ0n) is 15.7. The van der Waals surface area contributed by atoms with Gasteiger partial charge in [-0.05, 0) is 55.4 Å². The number of carbonyl (C=O) groups is 1. The van der Waals surface area contributed by atoms with Crippen LogP contribution >= 0.6 is 11.3 Å². The van der Waals surface area contributed by atoms with Crippen LogP contribution in [0.2, 0.25) is 0 Å². The topological polar surface area (TPSA) is 48.5 Å². The van der Waals surface area contributed by atoms with Gasteiger partial charge < -0.3 is 15.1 Å². The molecule has 1 aliphatic rings. The fourth-order valence-electron chi connectivity index (χ4n) is 3.25. The van der Waals surface area contributed by atoms with E-state index in [0.717, 1.165) is 54.5 Å². The van der Waals surface area contributed by atoms with Crippen molar-refractivity contribution >= 4 is 38.3 Å². The third-order valence-electron chi connectivity index (χ3n) is 5.03. The number of thiazole rings is 1. The molecule has 4 rings (SSSR count). The normalized spacial score (nSPS) is 15.3. The molecule has 2 aromatic carbocycles. The van der Waals surface area contributed by atoms with Crippen molar-refractivity contribution in [3.63, 3.8) is 0 Å². The molecule has 0 aliphatic carbocycles. The summed E-state index contributed by atoms with van der Waals surface area (Å²) in [6.45, 7) is 5.61. The van der Waals surface area contributed by atoms with Crippen molar-refractivity contribution in [2.45, 2.75) is 13.3 Å². The zero-order chi connectivity index (χ0) is 18.8. The molecule has 1 N–H and O–H groups in total. The van der Waals surface area contributed by atoms with E-state index in [4.69, 9.17) is 0 Å². The lowest BCUT2D eigenvalue weighted by atomic mass is 10.1. The molecule has 27 heavy (non-hydrogen) atoms. The van der Waals surface area contributed by atoms with Crippen molar-refractivity contribution in [3.8, 4) is 0 Å². The Bertz CT molecular complexity index is 942. The van der Waals surface area contributed by atoms with Gasteiger partial charge in [0.1, 0.15) is 0 Å². The standard InChI is InChI=1S/C21H24N4OS/c1-3-15-4-9-18-19(14-15)27-21(23-18)22-17-7-5-16(6-8-17)20(26)25-12-10-24(2)11-13-25/h4-9,14H,3,10-13H2,1-2H3,(H,22,23). The number of anilines is 2. The lowest BCUT2D eigenvalue weighted by Crippen LogP contribution is -2.47. The molecule has 0 spiro atoms. The highest BCUT2D eigenvalue weighted by Gasteiger charge is 2.20. The largest absolute Gasteiger partial charge is 0.336 e. The highest BCUT2D eigenvalue weighted by atomic mass is 32.1. The summed E-state index contributed by atoms with van der Waals surface area (Å²) >= 11 is 1.65. The molecule has 3 aromatic rings. The number of nitrogens with one attached hydrogen (secondary N) is 1. The summed E-state index contributed by atoms with van der Waals surface area (Å²) in [5.41, 5.74) is 4.02. The Hall–Kier alpha value is -2.44. The minimum atomic E-state index is 0.113. The Kier molecular flexibility index (Phi) is 5.09. The maximum Gasteiger partial charge on any atom is 0.253 e. The predicted octanol–water partition coefficient (Wildman–Crippen LogP) is 3.99. The van der Waals surface area contributed by atoms with Crippen LogP contribution in [0.4, 0.5) is 10.8 Å². The average molecular weight is 381 g/mol. The molecular formula is C21H24N4OS. The molecule has 0 unspecified atom stereocenters. The van der Waals surface area contributed by atoms with E-state index in [0.29, 0.717) is 0 Å². The zero-order valence-corrected chi connectivity index (χ0v) is 16.6. The number of carbonyl (C=O) groups excluding carboxylic acids is 1. The van der Waals surface area contributed by atoms with E-state index in [1.807, 2.05) is 29.2 Å². The predicted molar refractivity (Wildman–Crippen MR) is 112 cm³/mol. The van der Waals surface area contributed by atoms with Crippen LogP contribution in [0.25, 0.3) is 10.2 Å². The second-order valence-electron chi connectivity index (χ2n) is 6.97. The fourth-order valence-corrected chi connectivity index (χ4v) is 4.20. The first-order valence-electron chi connectivity index (χ1n) is 9.37.